The lowest BCUT2D eigenvalue weighted by atomic mass is 9.77. The molecule has 52 heavy (non-hydrogen) atoms. The van der Waals surface area contributed by atoms with Crippen LogP contribution in [0.15, 0.2) is 66.7 Å². The van der Waals surface area contributed by atoms with E-state index in [4.69, 9.17) is 21.1 Å². The number of phenols is 5. The summed E-state index contributed by atoms with van der Waals surface area (Å²) in [5, 5.41) is 56.7. The summed E-state index contributed by atoms with van der Waals surface area (Å²) in [6, 6.07) is 19.9. The minimum atomic E-state index is -1.10. The molecule has 278 valence electrons. The lowest BCUT2D eigenvalue weighted by molar-refractivity contribution is -0.138. The van der Waals surface area contributed by atoms with E-state index in [-0.39, 0.29) is 29.4 Å². The monoisotopic (exact) mass is 711 g/mol. The summed E-state index contributed by atoms with van der Waals surface area (Å²) in [5.41, 5.74) is 14.1. The Balaban J connectivity index is 0.000000154. The number of phenolic OH excluding ortho intramolecular Hbond substituents is 5. The number of aliphatic carboxylic acids is 1. The molecule has 3 atom stereocenters. The van der Waals surface area contributed by atoms with Gasteiger partial charge in [-0.25, -0.2) is 0 Å². The smallest absolute Gasteiger partial charge is 0.320 e. The Morgan fingerprint density at radius 1 is 0.827 bits per heavy atom. The summed E-state index contributed by atoms with van der Waals surface area (Å²) in [6.45, 7) is 7.93. The molecule has 0 amide bonds. The van der Waals surface area contributed by atoms with Gasteiger partial charge < -0.3 is 41.3 Å². The Morgan fingerprint density at radius 2 is 1.52 bits per heavy atom. The van der Waals surface area contributed by atoms with Crippen molar-refractivity contribution in [2.45, 2.75) is 83.3 Å². The highest BCUT2D eigenvalue weighted by molar-refractivity contribution is 5.82. The van der Waals surface area contributed by atoms with Gasteiger partial charge in [0.25, 0.3) is 0 Å². The van der Waals surface area contributed by atoms with Crippen molar-refractivity contribution in [1.29, 1.82) is 0 Å². The molecule has 3 aliphatic rings. The number of nitrogens with zero attached hydrogens (tertiary/aromatic N) is 2. The maximum absolute atomic E-state index is 10.4. The molecule has 8 N–H and O–H groups in total. The van der Waals surface area contributed by atoms with Gasteiger partial charge in [-0.1, -0.05) is 56.3 Å². The first kappa shape index (κ1) is 38.5. The van der Waals surface area contributed by atoms with Crippen molar-refractivity contribution in [1.82, 2.24) is 9.80 Å². The molecule has 1 unspecified atom stereocenters. The molecule has 0 saturated carbocycles. The Labute approximate surface area is 306 Å². The van der Waals surface area contributed by atoms with Gasteiger partial charge in [-0.15, -0.1) is 0 Å². The van der Waals surface area contributed by atoms with E-state index in [2.05, 4.69) is 55.0 Å². The third-order valence-electron chi connectivity index (χ3n) is 10.5. The third-order valence-corrected chi connectivity index (χ3v) is 10.5. The van der Waals surface area contributed by atoms with Crippen molar-refractivity contribution in [2.24, 2.45) is 5.73 Å². The standard InChI is InChI=1S/C17H17NO2.C16H25NO.C9H11NO4/c1-18-8-7-10-3-2-4-12-15(10)13(18)9-11-5-6-14(19)17(20)16(11)12;1-3-10-17(11-4-2)14-9-8-13-6-5-7-16(18)15(13)12-14;10-6(9(13)14)3-5-1-2-7(11)8(12)4-5/h2-6,13,19-20H,7-9H2,1H3;5-7,14,18H,3-4,8-12H2,1-2H3;1-2,4,6,11-12H,3,10H2,(H,13,14)/t13-;;6-/m1.0/s1. The number of hydrogen-bond donors (Lipinski definition) is 7. The maximum Gasteiger partial charge on any atom is 0.320 e. The maximum atomic E-state index is 10.4. The number of hydrogen-bond acceptors (Lipinski definition) is 9. The van der Waals surface area contributed by atoms with Crippen LogP contribution >= 0.6 is 0 Å². The lowest BCUT2D eigenvalue weighted by Crippen LogP contribution is -2.40. The zero-order chi connectivity index (χ0) is 37.5. The molecule has 7 rings (SSSR count). The van der Waals surface area contributed by atoms with Gasteiger partial charge in [0, 0.05) is 24.2 Å². The van der Waals surface area contributed by atoms with Crippen LogP contribution < -0.4 is 5.73 Å². The van der Waals surface area contributed by atoms with Crippen molar-refractivity contribution >= 4 is 5.97 Å². The number of aromatic hydroxyl groups is 5. The Bertz CT molecular complexity index is 1860. The summed E-state index contributed by atoms with van der Waals surface area (Å²) in [4.78, 5) is 15.4. The van der Waals surface area contributed by atoms with E-state index in [9.17, 15) is 20.1 Å². The summed E-state index contributed by atoms with van der Waals surface area (Å²) >= 11 is 0. The van der Waals surface area contributed by atoms with Crippen molar-refractivity contribution < 1.29 is 35.4 Å². The molecule has 1 aliphatic heterocycles. The molecule has 0 radical (unpaired) electrons. The number of fused-ring (bicyclic) bond motifs is 3. The average Bonchev–Trinajstić information content (AvgIpc) is 3.13. The minimum absolute atomic E-state index is 0.0163. The van der Waals surface area contributed by atoms with Crippen LogP contribution in [-0.4, -0.2) is 85.2 Å². The third kappa shape index (κ3) is 8.63. The normalized spacial score (nSPS) is 17.7. The van der Waals surface area contributed by atoms with Crippen molar-refractivity contribution in [3.63, 3.8) is 0 Å². The number of rotatable bonds is 8. The van der Waals surface area contributed by atoms with E-state index in [0.717, 1.165) is 48.9 Å². The molecular formula is C42H53N3O7. The van der Waals surface area contributed by atoms with Crippen LogP contribution in [0, 0.1) is 0 Å². The number of likely N-dealkylation sites (N-methyl/N-ethyl adjacent to an activating group) is 1. The number of benzene rings is 4. The van der Waals surface area contributed by atoms with Gasteiger partial charge in [-0.3, -0.25) is 9.69 Å². The van der Waals surface area contributed by atoms with Crippen molar-refractivity contribution in [2.75, 3.05) is 26.7 Å². The second-order valence-corrected chi connectivity index (χ2v) is 14.1. The van der Waals surface area contributed by atoms with Crippen LogP contribution in [-0.2, 0) is 36.9 Å². The first-order valence-electron chi connectivity index (χ1n) is 18.3. The van der Waals surface area contributed by atoms with E-state index in [0.29, 0.717) is 23.4 Å². The number of carboxylic acid groups (broad SMARTS) is 1. The fourth-order valence-corrected chi connectivity index (χ4v) is 7.83. The average molecular weight is 712 g/mol. The van der Waals surface area contributed by atoms with Gasteiger partial charge in [0.15, 0.2) is 23.0 Å². The molecule has 0 saturated heterocycles. The summed E-state index contributed by atoms with van der Waals surface area (Å²) < 4.78 is 0. The number of carboxylic acids is 1. The number of aryl methyl sites for hydroxylation is 1. The predicted molar refractivity (Wildman–Crippen MR) is 203 cm³/mol. The van der Waals surface area contributed by atoms with Crippen molar-refractivity contribution in [3.8, 4) is 39.9 Å². The predicted octanol–water partition coefficient (Wildman–Crippen LogP) is 6.27. The quantitative estimate of drug-likeness (QED) is 0.103. The Kier molecular flexibility index (Phi) is 12.7. The van der Waals surface area contributed by atoms with Crippen molar-refractivity contribution in [3.05, 3.63) is 100 Å². The first-order chi connectivity index (χ1) is 24.9. The van der Waals surface area contributed by atoms with E-state index in [1.54, 1.807) is 6.07 Å². The number of nitrogens with two attached hydrogens (primary N) is 1. The molecule has 0 spiro atoms. The molecule has 4 aromatic rings. The van der Waals surface area contributed by atoms with Crippen LogP contribution in [0.25, 0.3) is 11.1 Å². The highest BCUT2D eigenvalue weighted by atomic mass is 16.4. The zero-order valence-corrected chi connectivity index (χ0v) is 30.4. The largest absolute Gasteiger partial charge is 0.508 e. The van der Waals surface area contributed by atoms with Crippen LogP contribution in [0.4, 0.5) is 0 Å². The molecule has 2 aliphatic carbocycles. The topological polar surface area (TPSA) is 171 Å². The SMILES string of the molecule is CCCN(CCC)C1CCc2cccc(O)c2C1.CN1CCc2cccc3c2[C@H]1Cc1ccc(O)c(O)c1-3.N[C@@H](Cc1ccc(O)c(O)c1)C(=O)O. The van der Waals surface area contributed by atoms with E-state index >= 15 is 0 Å². The minimum Gasteiger partial charge on any atom is -0.508 e. The van der Waals surface area contributed by atoms with Gasteiger partial charge in [-0.2, -0.15) is 0 Å². The van der Waals surface area contributed by atoms with Gasteiger partial charge in [0.1, 0.15) is 11.8 Å². The van der Waals surface area contributed by atoms with Gasteiger partial charge >= 0.3 is 5.97 Å². The zero-order valence-electron chi connectivity index (χ0n) is 30.4. The molecule has 0 bridgehead atoms. The van der Waals surface area contributed by atoms with Gasteiger partial charge in [0.05, 0.1) is 0 Å². The summed E-state index contributed by atoms with van der Waals surface area (Å²) in [7, 11) is 2.16. The van der Waals surface area contributed by atoms with Crippen LogP contribution in [0.5, 0.6) is 28.7 Å². The molecule has 0 aromatic heterocycles. The van der Waals surface area contributed by atoms with Crippen LogP contribution in [0.2, 0.25) is 0 Å². The fraction of sp³-hybridized carbons (Fsp3) is 0.405. The van der Waals surface area contributed by atoms with Crippen LogP contribution in [0.3, 0.4) is 0 Å². The Morgan fingerprint density at radius 3 is 2.21 bits per heavy atom. The lowest BCUT2D eigenvalue weighted by Gasteiger charge is -2.39. The molecule has 10 heteroatoms. The van der Waals surface area contributed by atoms with Gasteiger partial charge in [-0.05, 0) is 135 Å². The molecular weight excluding hydrogens is 658 g/mol. The van der Waals surface area contributed by atoms with E-state index in [1.165, 1.54) is 72.8 Å². The van der Waals surface area contributed by atoms with Gasteiger partial charge in [0.2, 0.25) is 0 Å². The summed E-state index contributed by atoms with van der Waals surface area (Å²) in [6.07, 6.45) is 7.84. The highest BCUT2D eigenvalue weighted by Gasteiger charge is 2.34. The molecule has 0 fully saturated rings. The molecule has 10 nitrogen and oxygen atoms in total. The first-order valence-corrected chi connectivity index (χ1v) is 18.3. The fourth-order valence-electron chi connectivity index (χ4n) is 7.83. The van der Waals surface area contributed by atoms with E-state index < -0.39 is 12.0 Å². The number of carbonyl (C=O) groups is 1. The van der Waals surface area contributed by atoms with E-state index in [1.807, 2.05) is 18.2 Å². The highest BCUT2D eigenvalue weighted by Crippen LogP contribution is 2.49. The second kappa shape index (κ2) is 17.2. The molecule has 1 heterocycles. The second-order valence-electron chi connectivity index (χ2n) is 14.1. The van der Waals surface area contributed by atoms with Crippen LogP contribution in [0.1, 0.15) is 72.5 Å². The molecule has 4 aromatic carbocycles. The summed E-state index contributed by atoms with van der Waals surface area (Å²) in [5.74, 6) is -1.15. The Hall–Kier alpha value is -4.77.